The van der Waals surface area contributed by atoms with Crippen molar-refractivity contribution in [3.63, 3.8) is 0 Å². The Hall–Kier alpha value is -0.640. The van der Waals surface area contributed by atoms with E-state index >= 15 is 0 Å². The molecule has 0 aromatic heterocycles. The smallest absolute Gasteiger partial charge is 0.146 e. The van der Waals surface area contributed by atoms with Gasteiger partial charge in [0.25, 0.3) is 0 Å². The van der Waals surface area contributed by atoms with Gasteiger partial charge in [-0.1, -0.05) is 18.6 Å². The minimum atomic E-state index is -0.163. The van der Waals surface area contributed by atoms with Gasteiger partial charge in [-0.15, -0.1) is 13.2 Å². The van der Waals surface area contributed by atoms with Crippen LogP contribution in [0.5, 0.6) is 0 Å². The molecule has 3 heteroatoms. The van der Waals surface area contributed by atoms with Crippen LogP contribution in [0.4, 0.5) is 0 Å². The number of methoxy groups -OCH3 is 1. The highest BCUT2D eigenvalue weighted by Crippen LogP contribution is 2.29. The van der Waals surface area contributed by atoms with E-state index in [9.17, 15) is 0 Å². The van der Waals surface area contributed by atoms with Crippen LogP contribution in [0.1, 0.15) is 45.4 Å². The monoisotopic (exact) mass is 282 g/mol. The molecule has 1 saturated carbocycles. The van der Waals surface area contributed by atoms with Crippen LogP contribution in [0.25, 0.3) is 0 Å². The van der Waals surface area contributed by atoms with Gasteiger partial charge in [0.2, 0.25) is 0 Å². The van der Waals surface area contributed by atoms with Crippen molar-refractivity contribution in [1.29, 1.82) is 0 Å². The molecule has 0 heterocycles. The first kappa shape index (κ1) is 17.4. The quantitative estimate of drug-likeness (QED) is 0.446. The normalized spacial score (nSPS) is 23.5. The fraction of sp³-hybridized carbons (Fsp3) is 0.765. The molecule has 1 rings (SSSR count). The topological polar surface area (TPSA) is 27.7 Å². The molecule has 0 aliphatic heterocycles. The minimum Gasteiger partial charge on any atom is -0.374 e. The largest absolute Gasteiger partial charge is 0.374 e. The van der Waals surface area contributed by atoms with Gasteiger partial charge in [-0.3, -0.25) is 0 Å². The predicted molar refractivity (Wildman–Crippen MR) is 82.7 cm³/mol. The summed E-state index contributed by atoms with van der Waals surface area (Å²) >= 11 is 0. The Balaban J connectivity index is 2.38. The van der Waals surface area contributed by atoms with E-state index in [0.717, 1.165) is 32.3 Å². The molecule has 0 bridgehead atoms. The zero-order valence-electron chi connectivity index (χ0n) is 13.1. The Labute approximate surface area is 124 Å². The molecule has 0 saturated heterocycles. The second kappa shape index (κ2) is 9.32. The molecule has 3 nitrogen and oxygen atoms in total. The Morgan fingerprint density at radius 1 is 1.20 bits per heavy atom. The first-order chi connectivity index (χ1) is 9.63. The molecule has 1 aliphatic carbocycles. The molecule has 2 atom stereocenters. The van der Waals surface area contributed by atoms with Crippen LogP contribution in [0.15, 0.2) is 25.3 Å². The van der Waals surface area contributed by atoms with E-state index in [0.29, 0.717) is 18.8 Å². The molecule has 0 aromatic carbocycles. The molecular weight excluding hydrogens is 252 g/mol. The van der Waals surface area contributed by atoms with Crippen molar-refractivity contribution in [3.8, 4) is 0 Å². The van der Waals surface area contributed by atoms with Gasteiger partial charge in [-0.25, -0.2) is 0 Å². The van der Waals surface area contributed by atoms with Crippen molar-refractivity contribution >= 4 is 0 Å². The second-order valence-corrected chi connectivity index (χ2v) is 5.97. The highest BCUT2D eigenvalue weighted by atomic mass is 16.7. The first-order valence-electron chi connectivity index (χ1n) is 7.60. The number of hydrogen-bond donors (Lipinski definition) is 0. The van der Waals surface area contributed by atoms with Gasteiger partial charge in [0, 0.05) is 7.11 Å². The zero-order chi connectivity index (χ0) is 14.8. The van der Waals surface area contributed by atoms with E-state index in [1.807, 2.05) is 12.2 Å². The summed E-state index contributed by atoms with van der Waals surface area (Å²) in [4.78, 5) is 0. The van der Waals surface area contributed by atoms with Gasteiger partial charge in [0.05, 0.1) is 18.3 Å². The number of hydrogen-bond acceptors (Lipinski definition) is 3. The highest BCUT2D eigenvalue weighted by Gasteiger charge is 2.27. The summed E-state index contributed by atoms with van der Waals surface area (Å²) in [5, 5.41) is 0. The van der Waals surface area contributed by atoms with E-state index in [4.69, 9.17) is 14.2 Å². The Morgan fingerprint density at radius 3 is 2.50 bits per heavy atom. The van der Waals surface area contributed by atoms with Gasteiger partial charge >= 0.3 is 0 Å². The highest BCUT2D eigenvalue weighted by molar-refractivity contribution is 4.90. The summed E-state index contributed by atoms with van der Waals surface area (Å²) in [5.74, 6) is 0.583. The van der Waals surface area contributed by atoms with Crippen LogP contribution in [0.3, 0.4) is 0 Å². The Kier molecular flexibility index (Phi) is 8.12. The van der Waals surface area contributed by atoms with E-state index in [1.54, 1.807) is 7.11 Å². The lowest BCUT2D eigenvalue weighted by Crippen LogP contribution is -2.33. The molecule has 20 heavy (non-hydrogen) atoms. The summed E-state index contributed by atoms with van der Waals surface area (Å²) in [7, 11) is 1.67. The molecule has 1 aliphatic rings. The van der Waals surface area contributed by atoms with Crippen LogP contribution in [0, 0.1) is 5.92 Å². The summed E-state index contributed by atoms with van der Waals surface area (Å²) in [6.45, 7) is 11.0. The number of rotatable bonds is 10. The van der Waals surface area contributed by atoms with Crippen LogP contribution in [0.2, 0.25) is 0 Å². The number of ether oxygens (including phenoxy) is 3. The summed E-state index contributed by atoms with van der Waals surface area (Å²) in [5.41, 5.74) is -0.163. The lowest BCUT2D eigenvalue weighted by atomic mass is 9.87. The molecule has 116 valence electrons. The average Bonchev–Trinajstić information content (AvgIpc) is 2.44. The minimum absolute atomic E-state index is 0.163. The maximum Gasteiger partial charge on any atom is 0.146 e. The molecule has 0 N–H and O–H groups in total. The predicted octanol–water partition coefficient (Wildman–Crippen LogP) is 4.09. The van der Waals surface area contributed by atoms with Gasteiger partial charge in [-0.2, -0.15) is 0 Å². The van der Waals surface area contributed by atoms with E-state index in [1.165, 1.54) is 12.8 Å². The van der Waals surface area contributed by atoms with Crippen molar-refractivity contribution in [3.05, 3.63) is 25.3 Å². The summed E-state index contributed by atoms with van der Waals surface area (Å²) < 4.78 is 16.8. The molecule has 0 aromatic rings. The molecule has 1 fully saturated rings. The maximum absolute atomic E-state index is 6.17. The van der Waals surface area contributed by atoms with Crippen molar-refractivity contribution in [1.82, 2.24) is 0 Å². The molecule has 0 amide bonds. The Bertz CT molecular complexity index is 278. The third-order valence-corrected chi connectivity index (χ3v) is 3.98. The van der Waals surface area contributed by atoms with E-state index < -0.39 is 0 Å². The van der Waals surface area contributed by atoms with Gasteiger partial charge in [-0.05, 0) is 44.9 Å². The van der Waals surface area contributed by atoms with Gasteiger partial charge in [0.1, 0.15) is 6.79 Å². The first-order valence-corrected chi connectivity index (χ1v) is 7.60. The van der Waals surface area contributed by atoms with E-state index in [-0.39, 0.29) is 5.60 Å². The molecule has 0 spiro atoms. The molecular formula is C17H30O3. The summed E-state index contributed by atoms with van der Waals surface area (Å²) in [6.07, 6.45) is 10.5. The standard InChI is InChI=1S/C17H30O3/c1-5-10-17(3,11-6-2)20-13-15-8-7-9-16(12-15)19-14-18-4/h5-6,15-16H,1-2,7-14H2,3-4H3/t15-,16+/m0/s1. The fourth-order valence-electron chi connectivity index (χ4n) is 2.84. The summed E-state index contributed by atoms with van der Waals surface area (Å²) in [6, 6.07) is 0. The second-order valence-electron chi connectivity index (χ2n) is 5.97. The SMILES string of the molecule is C=CCC(C)(CC=C)OC[C@H]1CCC[C@@H](OCOC)C1. The maximum atomic E-state index is 6.17. The Morgan fingerprint density at radius 2 is 1.90 bits per heavy atom. The van der Waals surface area contributed by atoms with Gasteiger partial charge in [0.15, 0.2) is 0 Å². The molecule has 0 unspecified atom stereocenters. The van der Waals surface area contributed by atoms with Crippen LogP contribution in [-0.4, -0.2) is 32.2 Å². The van der Waals surface area contributed by atoms with Crippen LogP contribution in [-0.2, 0) is 14.2 Å². The van der Waals surface area contributed by atoms with Crippen molar-refractivity contribution in [2.75, 3.05) is 20.5 Å². The third kappa shape index (κ3) is 6.21. The van der Waals surface area contributed by atoms with Crippen molar-refractivity contribution < 1.29 is 14.2 Å². The average molecular weight is 282 g/mol. The van der Waals surface area contributed by atoms with Crippen LogP contribution >= 0.6 is 0 Å². The molecule has 0 radical (unpaired) electrons. The fourth-order valence-corrected chi connectivity index (χ4v) is 2.84. The van der Waals surface area contributed by atoms with Crippen molar-refractivity contribution in [2.24, 2.45) is 5.92 Å². The van der Waals surface area contributed by atoms with Crippen molar-refractivity contribution in [2.45, 2.75) is 57.2 Å². The van der Waals surface area contributed by atoms with E-state index in [2.05, 4.69) is 20.1 Å². The zero-order valence-corrected chi connectivity index (χ0v) is 13.1. The third-order valence-electron chi connectivity index (χ3n) is 3.98. The van der Waals surface area contributed by atoms with Gasteiger partial charge < -0.3 is 14.2 Å². The lowest BCUT2D eigenvalue weighted by Gasteiger charge is -2.33. The lowest BCUT2D eigenvalue weighted by molar-refractivity contribution is -0.103. The van der Waals surface area contributed by atoms with Crippen LogP contribution < -0.4 is 0 Å².